The lowest BCUT2D eigenvalue weighted by atomic mass is 10.0. The Hall–Kier alpha value is -3.19. The molecule has 3 heterocycles. The SMILES string of the molecule is O=C1/C(=C/c2c(Cl)cccc2Cl)Oc2c1ccc1c2CN(Cc2ccc3c(c2)OCO3)CO1. The predicted octanol–water partition coefficient (Wildman–Crippen LogP) is 5.69. The van der Waals surface area contributed by atoms with Gasteiger partial charge in [0.1, 0.15) is 18.2 Å². The number of benzene rings is 3. The molecule has 0 radical (unpaired) electrons. The van der Waals surface area contributed by atoms with Gasteiger partial charge < -0.3 is 18.9 Å². The van der Waals surface area contributed by atoms with Crippen molar-refractivity contribution in [2.75, 3.05) is 13.5 Å². The molecular weight excluding hydrogens is 465 g/mol. The van der Waals surface area contributed by atoms with Crippen LogP contribution >= 0.6 is 23.2 Å². The highest BCUT2D eigenvalue weighted by atomic mass is 35.5. The third-order valence-corrected chi connectivity index (χ3v) is 6.46. The lowest BCUT2D eigenvalue weighted by molar-refractivity contribution is 0.0872. The molecule has 33 heavy (non-hydrogen) atoms. The van der Waals surface area contributed by atoms with E-state index in [1.807, 2.05) is 24.3 Å². The molecule has 0 bridgehead atoms. The maximum Gasteiger partial charge on any atom is 0.231 e. The molecule has 3 aliphatic heterocycles. The van der Waals surface area contributed by atoms with Crippen LogP contribution in [-0.2, 0) is 13.1 Å². The van der Waals surface area contributed by atoms with E-state index in [1.54, 1.807) is 30.3 Å². The van der Waals surface area contributed by atoms with Gasteiger partial charge in [-0.25, -0.2) is 0 Å². The van der Waals surface area contributed by atoms with E-state index in [4.69, 9.17) is 42.1 Å². The van der Waals surface area contributed by atoms with Crippen LogP contribution in [0.5, 0.6) is 23.0 Å². The first-order chi connectivity index (χ1) is 16.1. The van der Waals surface area contributed by atoms with Crippen molar-refractivity contribution in [3.05, 3.63) is 86.6 Å². The Labute approximate surface area is 199 Å². The molecule has 3 aliphatic rings. The minimum atomic E-state index is -0.211. The summed E-state index contributed by atoms with van der Waals surface area (Å²) in [5.74, 6) is 2.69. The molecule has 0 aromatic heterocycles. The molecule has 0 N–H and O–H groups in total. The van der Waals surface area contributed by atoms with Gasteiger partial charge >= 0.3 is 0 Å². The van der Waals surface area contributed by atoms with Crippen LogP contribution in [0.2, 0.25) is 10.0 Å². The Morgan fingerprint density at radius 1 is 0.939 bits per heavy atom. The van der Waals surface area contributed by atoms with Gasteiger partial charge in [-0.15, -0.1) is 0 Å². The van der Waals surface area contributed by atoms with Crippen molar-refractivity contribution in [3.63, 3.8) is 0 Å². The van der Waals surface area contributed by atoms with E-state index < -0.39 is 0 Å². The first-order valence-corrected chi connectivity index (χ1v) is 11.1. The molecule has 0 amide bonds. The third-order valence-electron chi connectivity index (χ3n) is 5.80. The highest BCUT2D eigenvalue weighted by Crippen LogP contribution is 2.43. The summed E-state index contributed by atoms with van der Waals surface area (Å²) in [4.78, 5) is 15.2. The summed E-state index contributed by atoms with van der Waals surface area (Å²) in [7, 11) is 0. The summed E-state index contributed by atoms with van der Waals surface area (Å²) in [5.41, 5.74) is 2.95. The second kappa shape index (κ2) is 7.99. The number of ketones is 1. The Kier molecular flexibility index (Phi) is 4.94. The molecule has 8 heteroatoms. The van der Waals surface area contributed by atoms with Gasteiger partial charge in [-0.3, -0.25) is 9.69 Å². The molecule has 0 saturated heterocycles. The highest BCUT2D eigenvalue weighted by Gasteiger charge is 2.34. The molecule has 6 nitrogen and oxygen atoms in total. The summed E-state index contributed by atoms with van der Waals surface area (Å²) >= 11 is 12.5. The van der Waals surface area contributed by atoms with Gasteiger partial charge in [0.25, 0.3) is 0 Å². The van der Waals surface area contributed by atoms with Crippen molar-refractivity contribution in [2.24, 2.45) is 0 Å². The molecule has 0 spiro atoms. The van der Waals surface area contributed by atoms with E-state index in [-0.39, 0.29) is 18.3 Å². The second-order valence-corrected chi connectivity index (χ2v) is 8.76. The topological polar surface area (TPSA) is 57.2 Å². The smallest absolute Gasteiger partial charge is 0.231 e. The summed E-state index contributed by atoms with van der Waals surface area (Å²) in [6, 6.07) is 14.6. The number of rotatable bonds is 3. The zero-order valence-electron chi connectivity index (χ0n) is 17.3. The normalized spacial score (nSPS) is 17.5. The molecule has 3 aromatic rings. The van der Waals surface area contributed by atoms with Crippen LogP contribution in [0.25, 0.3) is 6.08 Å². The largest absolute Gasteiger partial charge is 0.478 e. The van der Waals surface area contributed by atoms with Crippen molar-refractivity contribution in [2.45, 2.75) is 13.1 Å². The number of allylic oxidation sites excluding steroid dienone is 1. The van der Waals surface area contributed by atoms with Gasteiger partial charge in [-0.1, -0.05) is 35.3 Å². The average molecular weight is 482 g/mol. The lowest BCUT2D eigenvalue weighted by Crippen LogP contribution is -2.31. The van der Waals surface area contributed by atoms with Crippen LogP contribution < -0.4 is 18.9 Å². The monoisotopic (exact) mass is 481 g/mol. The Bertz CT molecular complexity index is 1320. The molecule has 0 aliphatic carbocycles. The van der Waals surface area contributed by atoms with E-state index in [0.29, 0.717) is 52.5 Å². The molecule has 0 atom stereocenters. The summed E-state index contributed by atoms with van der Waals surface area (Å²) in [6.07, 6.45) is 1.59. The van der Waals surface area contributed by atoms with E-state index in [9.17, 15) is 4.79 Å². The number of hydrogen-bond acceptors (Lipinski definition) is 6. The quantitative estimate of drug-likeness (QED) is 0.447. The minimum Gasteiger partial charge on any atom is -0.478 e. The van der Waals surface area contributed by atoms with Crippen LogP contribution in [0.4, 0.5) is 0 Å². The van der Waals surface area contributed by atoms with Crippen LogP contribution in [0.3, 0.4) is 0 Å². The number of halogens is 2. The van der Waals surface area contributed by atoms with Crippen molar-refractivity contribution < 1.29 is 23.7 Å². The van der Waals surface area contributed by atoms with Crippen LogP contribution in [0.1, 0.15) is 27.0 Å². The number of carbonyl (C=O) groups excluding carboxylic acids is 1. The molecule has 0 fully saturated rings. The van der Waals surface area contributed by atoms with Gasteiger partial charge in [0.15, 0.2) is 17.3 Å². The fourth-order valence-corrected chi connectivity index (χ4v) is 4.69. The molecule has 3 aromatic carbocycles. The number of fused-ring (bicyclic) bond motifs is 4. The van der Waals surface area contributed by atoms with E-state index in [2.05, 4.69) is 4.90 Å². The second-order valence-electron chi connectivity index (χ2n) is 7.94. The zero-order valence-corrected chi connectivity index (χ0v) is 18.8. The average Bonchev–Trinajstić information content (AvgIpc) is 3.40. The first-order valence-electron chi connectivity index (χ1n) is 10.3. The summed E-state index contributed by atoms with van der Waals surface area (Å²) in [5, 5.41) is 0.894. The van der Waals surface area contributed by atoms with Crippen molar-refractivity contribution in [1.29, 1.82) is 0 Å². The van der Waals surface area contributed by atoms with Gasteiger partial charge in [-0.2, -0.15) is 0 Å². The summed E-state index contributed by atoms with van der Waals surface area (Å²) in [6.45, 7) is 1.88. The lowest BCUT2D eigenvalue weighted by Gasteiger charge is -2.29. The van der Waals surface area contributed by atoms with E-state index in [0.717, 1.165) is 22.6 Å². The van der Waals surface area contributed by atoms with Crippen molar-refractivity contribution in [3.8, 4) is 23.0 Å². The molecule has 0 unspecified atom stereocenters. The summed E-state index contributed by atoms with van der Waals surface area (Å²) < 4.78 is 22.9. The Morgan fingerprint density at radius 3 is 2.58 bits per heavy atom. The zero-order chi connectivity index (χ0) is 22.5. The number of carbonyl (C=O) groups is 1. The van der Waals surface area contributed by atoms with Gasteiger partial charge in [0, 0.05) is 28.7 Å². The van der Waals surface area contributed by atoms with Gasteiger partial charge in [0.05, 0.1) is 11.1 Å². The van der Waals surface area contributed by atoms with Crippen LogP contribution in [-0.4, -0.2) is 24.2 Å². The number of hydrogen-bond donors (Lipinski definition) is 0. The standard InChI is InChI=1S/C25H17Cl2NO5/c26-18-2-1-3-19(27)16(18)9-23-24(29)15-5-7-20-17(25(15)33-23)11-28(12-30-20)10-14-4-6-21-22(8-14)32-13-31-21/h1-9H,10-13H2/b23-9-. The number of nitrogens with zero attached hydrogens (tertiary/aromatic N) is 1. The van der Waals surface area contributed by atoms with Crippen molar-refractivity contribution >= 4 is 35.1 Å². The van der Waals surface area contributed by atoms with Crippen LogP contribution in [0, 0.1) is 0 Å². The van der Waals surface area contributed by atoms with Crippen LogP contribution in [0.15, 0.2) is 54.3 Å². The van der Waals surface area contributed by atoms with Crippen molar-refractivity contribution in [1.82, 2.24) is 4.90 Å². The Balaban J connectivity index is 1.28. The molecule has 166 valence electrons. The minimum absolute atomic E-state index is 0.182. The number of Topliss-reactive ketones (excluding diaryl/α,β-unsaturated/α-hetero) is 1. The predicted molar refractivity (Wildman–Crippen MR) is 123 cm³/mol. The highest BCUT2D eigenvalue weighted by molar-refractivity contribution is 6.37. The van der Waals surface area contributed by atoms with Gasteiger partial charge in [-0.05, 0) is 48.0 Å². The molecular formula is C25H17Cl2NO5. The maximum absolute atomic E-state index is 13.0. The first kappa shape index (κ1) is 20.4. The number of ether oxygens (including phenoxy) is 4. The van der Waals surface area contributed by atoms with E-state index in [1.165, 1.54) is 0 Å². The molecule has 6 rings (SSSR count). The fraction of sp³-hybridized carbons (Fsp3) is 0.160. The fourth-order valence-electron chi connectivity index (χ4n) is 4.18. The van der Waals surface area contributed by atoms with E-state index >= 15 is 0 Å². The third kappa shape index (κ3) is 3.60. The Morgan fingerprint density at radius 2 is 1.73 bits per heavy atom. The molecule has 0 saturated carbocycles. The maximum atomic E-state index is 13.0. The van der Waals surface area contributed by atoms with Gasteiger partial charge in [0.2, 0.25) is 12.6 Å².